The first kappa shape index (κ1) is 29.9. The van der Waals surface area contributed by atoms with Crippen molar-refractivity contribution in [3.63, 3.8) is 0 Å². The van der Waals surface area contributed by atoms with Crippen LogP contribution in [0.2, 0.25) is 0 Å². The third-order valence-electron chi connectivity index (χ3n) is 6.90. The molecule has 0 aliphatic heterocycles. The van der Waals surface area contributed by atoms with Crippen LogP contribution in [0.15, 0.2) is 79.0 Å². The number of carboxylic acid groups (broad SMARTS) is 1. The second-order valence-electron chi connectivity index (χ2n) is 10.7. The van der Waals surface area contributed by atoms with Gasteiger partial charge in [-0.2, -0.15) is 13.2 Å². The first-order valence-electron chi connectivity index (χ1n) is 13.8. The lowest BCUT2D eigenvalue weighted by Crippen LogP contribution is -2.14. The highest BCUT2D eigenvalue weighted by Gasteiger charge is 2.29. The number of carbonyl (C=O) groups is 2. The smallest absolute Gasteiger partial charge is 0.389 e. The van der Waals surface area contributed by atoms with Crippen molar-refractivity contribution in [3.05, 3.63) is 101 Å². The number of ketones is 1. The topological polar surface area (TPSA) is 68.5 Å². The van der Waals surface area contributed by atoms with Crippen LogP contribution in [0.3, 0.4) is 0 Å². The minimum Gasteiger partial charge on any atom is -0.486 e. The van der Waals surface area contributed by atoms with Gasteiger partial charge < -0.3 is 14.4 Å². The molecule has 0 bridgehead atoms. The number of carboxylic acids is 1. The summed E-state index contributed by atoms with van der Waals surface area (Å²) in [6.07, 6.45) is -3.21. The predicted molar refractivity (Wildman–Crippen MR) is 152 cm³/mol. The summed E-state index contributed by atoms with van der Waals surface area (Å²) >= 11 is 0. The number of nitrogens with zero attached hydrogens (tertiary/aromatic N) is 1. The van der Waals surface area contributed by atoms with Gasteiger partial charge in [-0.25, -0.2) is 0 Å². The van der Waals surface area contributed by atoms with E-state index in [0.29, 0.717) is 41.3 Å². The Bertz CT molecular complexity index is 1470. The number of benzene rings is 3. The van der Waals surface area contributed by atoms with Gasteiger partial charge in [0.1, 0.15) is 11.9 Å². The molecule has 41 heavy (non-hydrogen) atoms. The van der Waals surface area contributed by atoms with Crippen molar-refractivity contribution in [3.8, 4) is 5.75 Å². The number of alkyl halides is 3. The van der Waals surface area contributed by atoms with E-state index in [0.717, 1.165) is 22.9 Å². The molecule has 0 saturated heterocycles. The van der Waals surface area contributed by atoms with E-state index in [-0.39, 0.29) is 18.6 Å². The van der Waals surface area contributed by atoms with Gasteiger partial charge >= 0.3 is 12.1 Å². The molecule has 0 aliphatic rings. The average molecular weight is 566 g/mol. The quantitative estimate of drug-likeness (QED) is 0.165. The van der Waals surface area contributed by atoms with Crippen LogP contribution in [-0.2, 0) is 17.8 Å². The predicted octanol–water partition coefficient (Wildman–Crippen LogP) is 8.40. The van der Waals surface area contributed by atoms with E-state index < -0.39 is 24.7 Å². The van der Waals surface area contributed by atoms with Crippen LogP contribution in [0.4, 0.5) is 13.2 Å². The van der Waals surface area contributed by atoms with Crippen molar-refractivity contribution in [2.45, 2.75) is 64.8 Å². The number of fused-ring (bicyclic) bond motifs is 1. The van der Waals surface area contributed by atoms with E-state index in [1.807, 2.05) is 53.1 Å². The van der Waals surface area contributed by atoms with Crippen molar-refractivity contribution in [2.24, 2.45) is 5.92 Å². The maximum atomic E-state index is 13.5. The standard InChI is InChI=1S/C33H34F3NO4/c1-22(2)20-23-9-11-24(12-10-23)30(17-18-33(34,35)36)41-26-15-13-25(14-16-26)32(40)28-21-37(19-5-8-31(38)39)29-7-4-3-6-27(28)29/h3-4,6-7,9-16,21-22,30H,5,8,17-20H2,1-2H3,(H,38,39). The summed E-state index contributed by atoms with van der Waals surface area (Å²) in [6, 6.07) is 21.4. The van der Waals surface area contributed by atoms with Crippen LogP contribution in [0.1, 0.15) is 72.7 Å². The van der Waals surface area contributed by atoms with Gasteiger partial charge in [0, 0.05) is 47.6 Å². The number of aromatic nitrogens is 1. The number of carbonyl (C=O) groups excluding carboxylic acids is 1. The number of rotatable bonds is 13. The number of halogens is 3. The number of para-hydroxylation sites is 1. The van der Waals surface area contributed by atoms with Gasteiger partial charge in [0.2, 0.25) is 0 Å². The third kappa shape index (κ3) is 8.22. The number of aliphatic carboxylic acids is 1. The van der Waals surface area contributed by atoms with Crippen molar-refractivity contribution in [1.29, 1.82) is 0 Å². The summed E-state index contributed by atoms with van der Waals surface area (Å²) < 4.78 is 47.2. The molecule has 1 heterocycles. The molecule has 1 aromatic heterocycles. The second-order valence-corrected chi connectivity index (χ2v) is 10.7. The number of hydrogen-bond acceptors (Lipinski definition) is 3. The molecule has 1 atom stereocenters. The lowest BCUT2D eigenvalue weighted by atomic mass is 9.98. The Morgan fingerprint density at radius 1 is 0.951 bits per heavy atom. The minimum absolute atomic E-state index is 0.0311. The van der Waals surface area contributed by atoms with Gasteiger partial charge in [-0.15, -0.1) is 0 Å². The molecule has 216 valence electrons. The fourth-order valence-corrected chi connectivity index (χ4v) is 4.95. The Morgan fingerprint density at radius 3 is 2.27 bits per heavy atom. The summed E-state index contributed by atoms with van der Waals surface area (Å²) in [5, 5.41) is 9.73. The Morgan fingerprint density at radius 2 is 1.63 bits per heavy atom. The Balaban J connectivity index is 1.53. The first-order chi connectivity index (χ1) is 19.5. The van der Waals surface area contributed by atoms with Crippen molar-refractivity contribution >= 4 is 22.7 Å². The number of ether oxygens (including phenoxy) is 1. The summed E-state index contributed by atoms with van der Waals surface area (Å²) in [4.78, 5) is 24.4. The summed E-state index contributed by atoms with van der Waals surface area (Å²) in [6.45, 7) is 4.68. The minimum atomic E-state index is -4.30. The maximum absolute atomic E-state index is 13.5. The van der Waals surface area contributed by atoms with E-state index in [2.05, 4.69) is 13.8 Å². The lowest BCUT2D eigenvalue weighted by molar-refractivity contribution is -0.139. The molecular formula is C33H34F3NO4. The van der Waals surface area contributed by atoms with Gasteiger partial charge in [-0.05, 0) is 66.6 Å². The van der Waals surface area contributed by atoms with E-state index >= 15 is 0 Å². The normalized spacial score (nSPS) is 12.5. The first-order valence-corrected chi connectivity index (χ1v) is 13.8. The molecule has 3 aromatic carbocycles. The van der Waals surface area contributed by atoms with Crippen LogP contribution in [0, 0.1) is 5.92 Å². The zero-order valence-electron chi connectivity index (χ0n) is 23.2. The molecule has 8 heteroatoms. The molecule has 0 amide bonds. The van der Waals surface area contributed by atoms with Gasteiger partial charge in [0.25, 0.3) is 0 Å². The van der Waals surface area contributed by atoms with Crippen molar-refractivity contribution < 1.29 is 32.6 Å². The van der Waals surface area contributed by atoms with Crippen LogP contribution in [-0.4, -0.2) is 27.6 Å². The van der Waals surface area contributed by atoms with Crippen molar-refractivity contribution in [2.75, 3.05) is 0 Å². The molecule has 4 aromatic rings. The molecule has 1 unspecified atom stereocenters. The monoisotopic (exact) mass is 565 g/mol. The second kappa shape index (κ2) is 13.1. The van der Waals surface area contributed by atoms with Crippen LogP contribution < -0.4 is 4.74 Å². The zero-order valence-corrected chi connectivity index (χ0v) is 23.2. The molecular weight excluding hydrogens is 531 g/mol. The maximum Gasteiger partial charge on any atom is 0.389 e. The summed E-state index contributed by atoms with van der Waals surface area (Å²) in [5.74, 6) is -0.244. The van der Waals surface area contributed by atoms with Gasteiger partial charge in [-0.1, -0.05) is 56.3 Å². The van der Waals surface area contributed by atoms with Crippen LogP contribution >= 0.6 is 0 Å². The fraction of sp³-hybridized carbons (Fsp3) is 0.333. The fourth-order valence-electron chi connectivity index (χ4n) is 4.95. The molecule has 0 fully saturated rings. The molecule has 1 N–H and O–H groups in total. The van der Waals surface area contributed by atoms with Crippen LogP contribution in [0.5, 0.6) is 5.75 Å². The third-order valence-corrected chi connectivity index (χ3v) is 6.90. The summed E-state index contributed by atoms with van der Waals surface area (Å²) in [7, 11) is 0. The highest BCUT2D eigenvalue weighted by atomic mass is 19.4. The van der Waals surface area contributed by atoms with E-state index in [9.17, 15) is 22.8 Å². The number of aryl methyl sites for hydroxylation is 1. The highest BCUT2D eigenvalue weighted by molar-refractivity contribution is 6.16. The molecule has 5 nitrogen and oxygen atoms in total. The van der Waals surface area contributed by atoms with E-state index in [1.165, 1.54) is 0 Å². The Hall–Kier alpha value is -4.07. The lowest BCUT2D eigenvalue weighted by Gasteiger charge is -2.21. The molecule has 0 radical (unpaired) electrons. The Kier molecular flexibility index (Phi) is 9.53. The molecule has 4 rings (SSSR count). The van der Waals surface area contributed by atoms with Crippen LogP contribution in [0.25, 0.3) is 10.9 Å². The Labute approximate surface area is 237 Å². The van der Waals surface area contributed by atoms with Gasteiger partial charge in [-0.3, -0.25) is 9.59 Å². The van der Waals surface area contributed by atoms with Gasteiger partial charge in [0.05, 0.1) is 0 Å². The highest BCUT2D eigenvalue weighted by Crippen LogP contribution is 2.32. The largest absolute Gasteiger partial charge is 0.486 e. The van der Waals surface area contributed by atoms with E-state index in [4.69, 9.17) is 9.84 Å². The SMILES string of the molecule is CC(C)Cc1ccc(C(CCC(F)(F)F)Oc2ccc(C(=O)c3cn(CCCC(=O)O)c4ccccc34)cc2)cc1. The number of hydrogen-bond donors (Lipinski definition) is 1. The molecule has 0 spiro atoms. The van der Waals surface area contributed by atoms with Crippen molar-refractivity contribution in [1.82, 2.24) is 4.57 Å². The van der Waals surface area contributed by atoms with Gasteiger partial charge in [0.15, 0.2) is 5.78 Å². The average Bonchev–Trinajstić information content (AvgIpc) is 3.29. The summed E-state index contributed by atoms with van der Waals surface area (Å²) in [5.41, 5.74) is 3.53. The van der Waals surface area contributed by atoms with E-state index in [1.54, 1.807) is 30.5 Å². The molecule has 0 aliphatic carbocycles. The molecule has 0 saturated carbocycles. The zero-order chi connectivity index (χ0) is 29.6.